The van der Waals surface area contributed by atoms with E-state index in [1.165, 1.54) is 12.1 Å². The molecule has 0 heterocycles. The van der Waals surface area contributed by atoms with Crippen molar-refractivity contribution in [3.63, 3.8) is 0 Å². The number of halogens is 2. The number of nitro benzene ring substituents is 1. The molecule has 0 aliphatic rings. The van der Waals surface area contributed by atoms with Crippen molar-refractivity contribution in [2.24, 2.45) is 0 Å². The van der Waals surface area contributed by atoms with Crippen LogP contribution in [0.2, 0.25) is 0 Å². The molecule has 0 aliphatic carbocycles. The Hall–Kier alpha value is -0.620. The summed E-state index contributed by atoms with van der Waals surface area (Å²) in [5, 5.41) is 21.3. The highest BCUT2D eigenvalue weighted by Crippen LogP contribution is 2.33. The van der Waals surface area contributed by atoms with Gasteiger partial charge in [0, 0.05) is 21.1 Å². The fourth-order valence-corrected chi connectivity index (χ4v) is 1.81. The molecular weight excluding hydrogens is 294 g/mol. The zero-order valence-electron chi connectivity index (χ0n) is 5.58. The van der Waals surface area contributed by atoms with Gasteiger partial charge >= 0.3 is 0 Å². The van der Waals surface area contributed by atoms with E-state index in [1.807, 2.05) is 0 Å². The molecule has 0 aromatic heterocycles. The van der Waals surface area contributed by atoms with Gasteiger partial charge in [0.2, 0.25) is 0 Å². The van der Waals surface area contributed by atoms with Gasteiger partial charge in [0.05, 0.1) is 4.92 Å². The topological polar surface area (TPSA) is 66.2 Å². The number of rotatable bonds is 1. The van der Waals surface area contributed by atoms with Gasteiger partial charge in [0.25, 0.3) is 5.69 Å². The third-order valence-electron chi connectivity index (χ3n) is 1.19. The van der Waals surface area contributed by atoms with E-state index in [0.29, 0.717) is 0 Å². The van der Waals surface area contributed by atoms with E-state index >= 15 is 0 Å². The number of benzene rings is 1. The maximum Gasteiger partial charge on any atom is 0.271 e. The summed E-state index contributed by atoms with van der Waals surface area (Å²) in [5.74, 6) is -0.291. The molecule has 1 rings (SSSR count). The third-order valence-corrected chi connectivity index (χ3v) is 2.37. The molecule has 6 heteroatoms. The van der Waals surface area contributed by atoms with E-state index in [0.717, 1.165) is 0 Å². The lowest BCUT2D eigenvalue weighted by Gasteiger charge is -2.09. The lowest BCUT2D eigenvalue weighted by Crippen LogP contribution is -1.95. The van der Waals surface area contributed by atoms with Crippen LogP contribution in [-0.2, 0) is 0 Å². The van der Waals surface area contributed by atoms with Crippen molar-refractivity contribution in [1.29, 1.82) is 0 Å². The predicted molar refractivity (Wildman–Crippen MR) is 47.9 cm³/mol. The van der Waals surface area contributed by atoms with Crippen molar-refractivity contribution in [2.75, 3.05) is 0 Å². The fourth-order valence-electron chi connectivity index (χ4n) is 0.652. The standard InChI is InChI=1S/C6H3Br2NO3/c7-4-1-3(9(11)12)2-5(8)6(4)10/h1-2,10H/p-1. The molecule has 64 valence electrons. The first-order chi connectivity index (χ1) is 5.52. The van der Waals surface area contributed by atoms with Crippen LogP contribution in [-0.4, -0.2) is 4.92 Å². The minimum absolute atomic E-state index is 0.117. The molecule has 0 saturated carbocycles. The minimum atomic E-state index is -0.561. The first-order valence-electron chi connectivity index (χ1n) is 2.83. The second-order valence-corrected chi connectivity index (χ2v) is 3.70. The van der Waals surface area contributed by atoms with Gasteiger partial charge in [0.15, 0.2) is 0 Å². The quantitative estimate of drug-likeness (QED) is 0.589. The Labute approximate surface area is 84.6 Å². The van der Waals surface area contributed by atoms with Gasteiger partial charge in [-0.25, -0.2) is 0 Å². The second kappa shape index (κ2) is 3.40. The third kappa shape index (κ3) is 1.75. The summed E-state index contributed by atoms with van der Waals surface area (Å²) in [5.41, 5.74) is -0.117. The van der Waals surface area contributed by atoms with Crippen LogP contribution in [0.25, 0.3) is 0 Å². The smallest absolute Gasteiger partial charge is 0.271 e. The van der Waals surface area contributed by atoms with Gasteiger partial charge in [-0.2, -0.15) is 0 Å². The van der Waals surface area contributed by atoms with Crippen molar-refractivity contribution in [2.45, 2.75) is 0 Å². The molecule has 0 N–H and O–H groups in total. The normalized spacial score (nSPS) is 9.83. The number of nitro groups is 1. The molecule has 0 atom stereocenters. The van der Waals surface area contributed by atoms with Gasteiger partial charge in [-0.15, -0.1) is 0 Å². The molecule has 0 bridgehead atoms. The zero-order valence-corrected chi connectivity index (χ0v) is 8.75. The molecule has 4 nitrogen and oxygen atoms in total. The molecular formula is C6H2Br2NO3-. The van der Waals surface area contributed by atoms with Crippen molar-refractivity contribution in [3.05, 3.63) is 31.2 Å². The Bertz CT molecular complexity index is 317. The monoisotopic (exact) mass is 294 g/mol. The highest BCUT2D eigenvalue weighted by Gasteiger charge is 2.08. The maximum atomic E-state index is 11.0. The second-order valence-electron chi connectivity index (χ2n) is 2.00. The van der Waals surface area contributed by atoms with Crippen LogP contribution in [0.5, 0.6) is 5.75 Å². The van der Waals surface area contributed by atoms with Crippen LogP contribution in [0, 0.1) is 10.1 Å². The number of non-ortho nitro benzene ring substituents is 1. The highest BCUT2D eigenvalue weighted by atomic mass is 79.9. The summed E-state index contributed by atoms with van der Waals surface area (Å²) in [6, 6.07) is 2.35. The van der Waals surface area contributed by atoms with E-state index < -0.39 is 4.92 Å². The van der Waals surface area contributed by atoms with E-state index in [2.05, 4.69) is 31.9 Å². The number of hydrogen-bond acceptors (Lipinski definition) is 3. The Morgan fingerprint density at radius 3 is 2.00 bits per heavy atom. The van der Waals surface area contributed by atoms with Gasteiger partial charge in [0.1, 0.15) is 0 Å². The molecule has 12 heavy (non-hydrogen) atoms. The summed E-state index contributed by atoms with van der Waals surface area (Å²) in [7, 11) is 0. The summed E-state index contributed by atoms with van der Waals surface area (Å²) >= 11 is 5.84. The molecule has 0 radical (unpaired) electrons. The Morgan fingerprint density at radius 2 is 1.67 bits per heavy atom. The highest BCUT2D eigenvalue weighted by molar-refractivity contribution is 9.11. The lowest BCUT2D eigenvalue weighted by atomic mass is 10.3. The summed E-state index contributed by atoms with van der Waals surface area (Å²) in [6.07, 6.45) is 0. The van der Waals surface area contributed by atoms with Crippen molar-refractivity contribution in [1.82, 2.24) is 0 Å². The molecule has 0 amide bonds. The van der Waals surface area contributed by atoms with Crippen LogP contribution in [0.3, 0.4) is 0 Å². The summed E-state index contributed by atoms with van der Waals surface area (Å²) in [6.45, 7) is 0. The SMILES string of the molecule is O=[N+]([O-])c1cc(Br)c([O-])c(Br)c1. The van der Waals surface area contributed by atoms with Crippen molar-refractivity contribution in [3.8, 4) is 5.75 Å². The minimum Gasteiger partial charge on any atom is -0.871 e. The van der Waals surface area contributed by atoms with Crippen LogP contribution < -0.4 is 5.11 Å². The van der Waals surface area contributed by atoms with Crippen LogP contribution in [0.15, 0.2) is 21.1 Å². The summed E-state index contributed by atoms with van der Waals surface area (Å²) in [4.78, 5) is 9.72. The number of nitrogens with zero attached hydrogens (tertiary/aromatic N) is 1. The van der Waals surface area contributed by atoms with Gasteiger partial charge in [-0.05, 0) is 0 Å². The van der Waals surface area contributed by atoms with Crippen LogP contribution in [0.1, 0.15) is 0 Å². The first-order valence-corrected chi connectivity index (χ1v) is 4.41. The first kappa shape index (κ1) is 9.47. The fraction of sp³-hybridized carbons (Fsp3) is 0. The number of hydrogen-bond donors (Lipinski definition) is 0. The van der Waals surface area contributed by atoms with E-state index in [-0.39, 0.29) is 20.4 Å². The zero-order chi connectivity index (χ0) is 9.30. The van der Waals surface area contributed by atoms with E-state index in [9.17, 15) is 15.2 Å². The largest absolute Gasteiger partial charge is 0.871 e. The molecule has 0 saturated heterocycles. The molecule has 0 fully saturated rings. The lowest BCUT2D eigenvalue weighted by molar-refractivity contribution is -0.385. The van der Waals surface area contributed by atoms with Crippen LogP contribution >= 0.6 is 31.9 Å². The van der Waals surface area contributed by atoms with Gasteiger partial charge in [-0.3, -0.25) is 10.1 Å². The van der Waals surface area contributed by atoms with Crippen LogP contribution in [0.4, 0.5) is 5.69 Å². The molecule has 0 aliphatic heterocycles. The Kier molecular flexibility index (Phi) is 2.69. The average Bonchev–Trinajstić information content (AvgIpc) is 1.99. The maximum absolute atomic E-state index is 11.0. The predicted octanol–water partition coefficient (Wildman–Crippen LogP) is 2.19. The molecule has 0 spiro atoms. The van der Waals surface area contributed by atoms with Crippen molar-refractivity contribution >= 4 is 37.5 Å². The Balaban J connectivity index is 3.31. The Morgan fingerprint density at radius 1 is 1.25 bits per heavy atom. The summed E-state index contributed by atoms with van der Waals surface area (Å²) < 4.78 is 0.368. The average molecular weight is 296 g/mol. The van der Waals surface area contributed by atoms with Crippen molar-refractivity contribution < 1.29 is 10.0 Å². The van der Waals surface area contributed by atoms with Gasteiger partial charge in [-0.1, -0.05) is 37.6 Å². The van der Waals surface area contributed by atoms with E-state index in [4.69, 9.17) is 0 Å². The van der Waals surface area contributed by atoms with Gasteiger partial charge < -0.3 is 5.11 Å². The molecule has 1 aromatic carbocycles. The molecule has 1 aromatic rings. The molecule has 0 unspecified atom stereocenters. The van der Waals surface area contributed by atoms with E-state index in [1.54, 1.807) is 0 Å².